The number of benzene rings is 2. The summed E-state index contributed by atoms with van der Waals surface area (Å²) in [6.45, 7) is 3.65. The summed E-state index contributed by atoms with van der Waals surface area (Å²) in [7, 11) is -3.49. The predicted molar refractivity (Wildman–Crippen MR) is 103 cm³/mol. The third-order valence-corrected chi connectivity index (χ3v) is 5.53. The van der Waals surface area contributed by atoms with E-state index in [1.807, 2.05) is 19.9 Å². The number of carbonyl (C=O) groups excluding carboxylic acids is 1. The molecule has 0 radical (unpaired) electrons. The minimum absolute atomic E-state index is 0.000767. The molecular weight excluding hydrogens is 352 g/mol. The van der Waals surface area contributed by atoms with Crippen molar-refractivity contribution < 1.29 is 18.3 Å². The normalized spacial score (nSPS) is 15.6. The maximum absolute atomic E-state index is 12.3. The highest BCUT2D eigenvalue weighted by molar-refractivity contribution is 7.92. The summed E-state index contributed by atoms with van der Waals surface area (Å²) in [5, 5.41) is 13.2. The van der Waals surface area contributed by atoms with E-state index in [1.165, 1.54) is 0 Å². The minimum Gasteiger partial charge on any atom is -0.506 e. The standard InChI is InChI=1S/C19H20N2O4S/c1-12(2)11-26(24,25)21-14-8-9-16-15(10-14)17(19(23)20-16)18(22)13-6-4-3-5-7-13/h3-10,12,21-22H,11H2,1-2H3,(H,20,23)/b18-17-. The zero-order valence-corrected chi connectivity index (χ0v) is 15.3. The quantitative estimate of drug-likeness (QED) is 0.553. The van der Waals surface area contributed by atoms with E-state index in [4.69, 9.17) is 0 Å². The molecule has 0 bridgehead atoms. The monoisotopic (exact) mass is 372 g/mol. The summed E-state index contributed by atoms with van der Waals surface area (Å²) in [6, 6.07) is 13.5. The van der Waals surface area contributed by atoms with Gasteiger partial charge in [0.1, 0.15) is 5.76 Å². The Kier molecular flexibility index (Phi) is 4.73. The molecular formula is C19H20N2O4S. The smallest absolute Gasteiger partial charge is 0.260 e. The van der Waals surface area contributed by atoms with Gasteiger partial charge in [0.25, 0.3) is 5.91 Å². The second-order valence-corrected chi connectivity index (χ2v) is 8.35. The first-order valence-corrected chi connectivity index (χ1v) is 9.87. The van der Waals surface area contributed by atoms with Crippen LogP contribution in [0, 0.1) is 5.92 Å². The Bertz CT molecular complexity index is 980. The van der Waals surface area contributed by atoms with Crippen LogP contribution >= 0.6 is 0 Å². The molecule has 3 N–H and O–H groups in total. The second-order valence-electron chi connectivity index (χ2n) is 6.58. The molecule has 1 aliphatic rings. The molecule has 0 spiro atoms. The molecule has 3 rings (SSSR count). The number of hydrogen-bond donors (Lipinski definition) is 3. The van der Waals surface area contributed by atoms with E-state index < -0.39 is 15.9 Å². The number of sulfonamides is 1. The highest BCUT2D eigenvalue weighted by atomic mass is 32.2. The van der Waals surface area contributed by atoms with E-state index in [9.17, 15) is 18.3 Å². The number of rotatable bonds is 5. The first-order chi connectivity index (χ1) is 12.3. The van der Waals surface area contributed by atoms with Crippen molar-refractivity contribution in [1.29, 1.82) is 0 Å². The summed E-state index contributed by atoms with van der Waals surface area (Å²) in [5.41, 5.74) is 1.96. The van der Waals surface area contributed by atoms with Crippen LogP contribution in [0.25, 0.3) is 11.3 Å². The fraction of sp³-hybridized carbons (Fsp3) is 0.211. The Hall–Kier alpha value is -2.80. The highest BCUT2D eigenvalue weighted by Crippen LogP contribution is 2.37. The van der Waals surface area contributed by atoms with Gasteiger partial charge in [0, 0.05) is 22.5 Å². The zero-order valence-electron chi connectivity index (χ0n) is 14.5. The topological polar surface area (TPSA) is 95.5 Å². The summed E-state index contributed by atoms with van der Waals surface area (Å²) < 4.78 is 26.8. The first kappa shape index (κ1) is 18.0. The van der Waals surface area contributed by atoms with Gasteiger partial charge in [-0.3, -0.25) is 9.52 Å². The third kappa shape index (κ3) is 3.72. The lowest BCUT2D eigenvalue weighted by Crippen LogP contribution is -2.20. The van der Waals surface area contributed by atoms with Crippen molar-refractivity contribution in [2.45, 2.75) is 13.8 Å². The number of amides is 1. The number of aliphatic hydroxyl groups is 1. The van der Waals surface area contributed by atoms with Gasteiger partial charge in [0.15, 0.2) is 0 Å². The molecule has 1 heterocycles. The summed E-state index contributed by atoms with van der Waals surface area (Å²) in [4.78, 5) is 12.3. The molecule has 1 amide bonds. The first-order valence-electron chi connectivity index (χ1n) is 8.22. The van der Waals surface area contributed by atoms with Crippen LogP contribution in [-0.2, 0) is 14.8 Å². The van der Waals surface area contributed by atoms with Gasteiger partial charge in [-0.1, -0.05) is 44.2 Å². The van der Waals surface area contributed by atoms with Crippen LogP contribution in [0.2, 0.25) is 0 Å². The molecule has 2 aromatic carbocycles. The summed E-state index contributed by atoms with van der Waals surface area (Å²) >= 11 is 0. The Morgan fingerprint density at radius 3 is 2.50 bits per heavy atom. The molecule has 0 aromatic heterocycles. The van der Waals surface area contributed by atoms with Gasteiger partial charge in [-0.25, -0.2) is 8.42 Å². The number of hydrogen-bond acceptors (Lipinski definition) is 4. The molecule has 0 aliphatic carbocycles. The highest BCUT2D eigenvalue weighted by Gasteiger charge is 2.29. The fourth-order valence-corrected chi connectivity index (χ4v) is 4.31. The second kappa shape index (κ2) is 6.84. The van der Waals surface area contributed by atoms with Crippen LogP contribution in [-0.4, -0.2) is 25.2 Å². The van der Waals surface area contributed by atoms with Crippen molar-refractivity contribution >= 4 is 38.6 Å². The molecule has 136 valence electrons. The third-order valence-electron chi connectivity index (χ3n) is 3.87. The zero-order chi connectivity index (χ0) is 18.9. The SMILES string of the molecule is CC(C)CS(=O)(=O)Nc1ccc2c(c1)/C(=C(/O)c1ccccc1)C(=O)N2. The predicted octanol–water partition coefficient (Wildman–Crippen LogP) is 3.46. The minimum atomic E-state index is -3.49. The molecule has 0 fully saturated rings. The van der Waals surface area contributed by atoms with Gasteiger partial charge in [-0.15, -0.1) is 0 Å². The van der Waals surface area contributed by atoms with Crippen molar-refractivity contribution in [3.63, 3.8) is 0 Å². The molecule has 26 heavy (non-hydrogen) atoms. The Morgan fingerprint density at radius 1 is 1.15 bits per heavy atom. The van der Waals surface area contributed by atoms with Gasteiger partial charge in [-0.05, 0) is 24.1 Å². The largest absolute Gasteiger partial charge is 0.506 e. The fourth-order valence-electron chi connectivity index (χ4n) is 2.87. The maximum atomic E-state index is 12.3. The molecule has 0 saturated carbocycles. The number of anilines is 2. The van der Waals surface area contributed by atoms with E-state index in [-0.39, 0.29) is 23.0 Å². The van der Waals surface area contributed by atoms with E-state index in [2.05, 4.69) is 10.0 Å². The van der Waals surface area contributed by atoms with Gasteiger partial charge in [0.05, 0.1) is 11.3 Å². The van der Waals surface area contributed by atoms with Crippen LogP contribution in [0.1, 0.15) is 25.0 Å². The van der Waals surface area contributed by atoms with Crippen LogP contribution in [0.15, 0.2) is 48.5 Å². The Labute approximate surface area is 152 Å². The van der Waals surface area contributed by atoms with Crippen LogP contribution < -0.4 is 10.0 Å². The van der Waals surface area contributed by atoms with Crippen molar-refractivity contribution in [3.05, 3.63) is 59.7 Å². The van der Waals surface area contributed by atoms with Gasteiger partial charge < -0.3 is 10.4 Å². The molecule has 2 aromatic rings. The van der Waals surface area contributed by atoms with Gasteiger partial charge >= 0.3 is 0 Å². The number of aliphatic hydroxyl groups excluding tert-OH is 1. The summed E-state index contributed by atoms with van der Waals surface area (Å²) in [6.07, 6.45) is 0. The van der Waals surface area contributed by atoms with E-state index in [0.29, 0.717) is 22.5 Å². The molecule has 0 saturated heterocycles. The Morgan fingerprint density at radius 2 is 1.85 bits per heavy atom. The average Bonchev–Trinajstić information content (AvgIpc) is 2.88. The number of carbonyl (C=O) groups is 1. The van der Waals surface area contributed by atoms with Gasteiger partial charge in [0.2, 0.25) is 10.0 Å². The lowest BCUT2D eigenvalue weighted by Gasteiger charge is -2.11. The van der Waals surface area contributed by atoms with Crippen LogP contribution in [0.5, 0.6) is 0 Å². The molecule has 7 heteroatoms. The molecule has 0 atom stereocenters. The van der Waals surface area contributed by atoms with Gasteiger partial charge in [-0.2, -0.15) is 0 Å². The molecule has 0 unspecified atom stereocenters. The van der Waals surface area contributed by atoms with E-state index in [0.717, 1.165) is 0 Å². The van der Waals surface area contributed by atoms with Crippen molar-refractivity contribution in [2.75, 3.05) is 15.8 Å². The van der Waals surface area contributed by atoms with E-state index >= 15 is 0 Å². The van der Waals surface area contributed by atoms with Crippen LogP contribution in [0.3, 0.4) is 0 Å². The summed E-state index contributed by atoms with van der Waals surface area (Å²) in [5.74, 6) is -0.588. The van der Waals surface area contributed by atoms with Crippen molar-refractivity contribution in [3.8, 4) is 0 Å². The lowest BCUT2D eigenvalue weighted by molar-refractivity contribution is -0.110. The number of fused-ring (bicyclic) bond motifs is 1. The molecule has 1 aliphatic heterocycles. The van der Waals surface area contributed by atoms with Crippen molar-refractivity contribution in [1.82, 2.24) is 0 Å². The molecule has 6 nitrogen and oxygen atoms in total. The lowest BCUT2D eigenvalue weighted by atomic mass is 10.0. The van der Waals surface area contributed by atoms with Crippen molar-refractivity contribution in [2.24, 2.45) is 5.92 Å². The number of nitrogens with one attached hydrogen (secondary N) is 2. The maximum Gasteiger partial charge on any atom is 0.260 e. The Balaban J connectivity index is 2.01. The van der Waals surface area contributed by atoms with E-state index in [1.54, 1.807) is 42.5 Å². The average molecular weight is 372 g/mol. The van der Waals surface area contributed by atoms with Crippen LogP contribution in [0.4, 0.5) is 11.4 Å².